The fourth-order valence-corrected chi connectivity index (χ4v) is 3.50. The number of rotatable bonds is 4. The third-order valence-corrected chi connectivity index (χ3v) is 5.16. The lowest BCUT2D eigenvalue weighted by atomic mass is 9.98. The number of aromatic nitrogens is 2. The normalized spacial score (nSPS) is 16.6. The maximum Gasteiger partial charge on any atom is 0.321 e. The number of carbonyl (C=O) groups is 1. The van der Waals surface area contributed by atoms with E-state index in [1.165, 1.54) is 12.1 Å². The van der Waals surface area contributed by atoms with Gasteiger partial charge in [0.05, 0.1) is 12.3 Å². The monoisotopic (exact) mass is 414 g/mol. The van der Waals surface area contributed by atoms with E-state index in [2.05, 4.69) is 15.5 Å². The van der Waals surface area contributed by atoms with E-state index in [1.807, 2.05) is 0 Å². The highest BCUT2D eigenvalue weighted by Crippen LogP contribution is 2.27. The number of carbonyl (C=O) groups excluding carboxylic acids is 1. The van der Waals surface area contributed by atoms with E-state index in [0.29, 0.717) is 42.0 Å². The molecular weight excluding hydrogens is 395 g/mol. The van der Waals surface area contributed by atoms with E-state index in [0.717, 1.165) is 18.4 Å². The van der Waals surface area contributed by atoms with Gasteiger partial charge in [0.2, 0.25) is 11.8 Å². The average molecular weight is 415 g/mol. The molecule has 29 heavy (non-hydrogen) atoms. The fraction of sp³-hybridized carbons (Fsp3) is 0.286. The van der Waals surface area contributed by atoms with Crippen LogP contribution in [0.2, 0.25) is 5.02 Å². The standard InChI is InChI=1S/C21H20ClFN4O2/c22-16-5-9-18(10-6-16)24-21(28)27-11-1-2-15(13-27)20-26-25-19(29-20)12-14-3-7-17(23)8-4-14/h3-10,15H,1-2,11-13H2,(H,24,28)/t15-/m1/s1. The highest BCUT2D eigenvalue weighted by Gasteiger charge is 2.28. The lowest BCUT2D eigenvalue weighted by Gasteiger charge is -2.31. The Hall–Kier alpha value is -2.93. The number of likely N-dealkylation sites (tertiary alicyclic amines) is 1. The van der Waals surface area contributed by atoms with Crippen LogP contribution >= 0.6 is 11.6 Å². The largest absolute Gasteiger partial charge is 0.425 e. The first-order chi connectivity index (χ1) is 14.1. The van der Waals surface area contributed by atoms with Crippen LogP contribution in [0.3, 0.4) is 0 Å². The third kappa shape index (κ3) is 4.92. The summed E-state index contributed by atoms with van der Waals surface area (Å²) in [5.41, 5.74) is 1.59. The topological polar surface area (TPSA) is 71.3 Å². The van der Waals surface area contributed by atoms with Crippen LogP contribution < -0.4 is 5.32 Å². The Morgan fingerprint density at radius 3 is 2.69 bits per heavy atom. The molecule has 4 rings (SSSR count). The summed E-state index contributed by atoms with van der Waals surface area (Å²) in [7, 11) is 0. The SMILES string of the molecule is O=C(Nc1ccc(Cl)cc1)N1CCC[C@@H](c2nnc(Cc3ccc(F)cc3)o2)C1. The van der Waals surface area contributed by atoms with Gasteiger partial charge in [0.25, 0.3) is 0 Å². The molecule has 150 valence electrons. The summed E-state index contributed by atoms with van der Waals surface area (Å²) in [6, 6.07) is 13.0. The predicted molar refractivity (Wildman–Crippen MR) is 108 cm³/mol. The van der Waals surface area contributed by atoms with Crippen molar-refractivity contribution in [2.45, 2.75) is 25.2 Å². The Balaban J connectivity index is 1.38. The second kappa shape index (κ2) is 8.61. The second-order valence-electron chi connectivity index (χ2n) is 7.06. The molecule has 1 fully saturated rings. The average Bonchev–Trinajstić information content (AvgIpc) is 3.20. The molecule has 3 aromatic rings. The number of nitrogens with zero attached hydrogens (tertiary/aromatic N) is 3. The van der Waals surface area contributed by atoms with Crippen LogP contribution in [0.4, 0.5) is 14.9 Å². The van der Waals surface area contributed by atoms with Gasteiger partial charge in [0, 0.05) is 23.8 Å². The molecule has 1 N–H and O–H groups in total. The number of benzene rings is 2. The predicted octanol–water partition coefficient (Wildman–Crippen LogP) is 4.86. The maximum atomic E-state index is 13.0. The molecule has 0 saturated carbocycles. The Labute approximate surface area is 172 Å². The van der Waals surface area contributed by atoms with Gasteiger partial charge in [0.1, 0.15) is 5.82 Å². The Morgan fingerprint density at radius 1 is 1.17 bits per heavy atom. The summed E-state index contributed by atoms with van der Waals surface area (Å²) in [6.07, 6.45) is 2.18. The molecule has 0 spiro atoms. The van der Waals surface area contributed by atoms with Crippen molar-refractivity contribution >= 4 is 23.3 Å². The molecule has 0 aliphatic carbocycles. The molecule has 1 saturated heterocycles. The highest BCUT2D eigenvalue weighted by atomic mass is 35.5. The minimum Gasteiger partial charge on any atom is -0.425 e. The fourth-order valence-electron chi connectivity index (χ4n) is 3.38. The summed E-state index contributed by atoms with van der Waals surface area (Å²) >= 11 is 5.88. The number of nitrogens with one attached hydrogen (secondary N) is 1. The summed E-state index contributed by atoms with van der Waals surface area (Å²) in [5, 5.41) is 11.8. The highest BCUT2D eigenvalue weighted by molar-refractivity contribution is 6.30. The van der Waals surface area contributed by atoms with Crippen molar-refractivity contribution < 1.29 is 13.6 Å². The van der Waals surface area contributed by atoms with Gasteiger partial charge in [-0.2, -0.15) is 0 Å². The van der Waals surface area contributed by atoms with Crippen molar-refractivity contribution in [2.24, 2.45) is 0 Å². The molecule has 2 aromatic carbocycles. The number of hydrogen-bond donors (Lipinski definition) is 1. The smallest absolute Gasteiger partial charge is 0.321 e. The van der Waals surface area contributed by atoms with Crippen LogP contribution in [0.5, 0.6) is 0 Å². The van der Waals surface area contributed by atoms with E-state index in [1.54, 1.807) is 41.3 Å². The van der Waals surface area contributed by atoms with E-state index in [-0.39, 0.29) is 17.8 Å². The molecule has 1 aromatic heterocycles. The van der Waals surface area contributed by atoms with Crippen LogP contribution in [-0.4, -0.2) is 34.2 Å². The van der Waals surface area contributed by atoms with E-state index in [4.69, 9.17) is 16.0 Å². The van der Waals surface area contributed by atoms with E-state index in [9.17, 15) is 9.18 Å². The van der Waals surface area contributed by atoms with Gasteiger partial charge in [-0.1, -0.05) is 23.7 Å². The molecule has 2 amide bonds. The molecule has 6 nitrogen and oxygen atoms in total. The van der Waals surface area contributed by atoms with Gasteiger partial charge in [-0.3, -0.25) is 0 Å². The van der Waals surface area contributed by atoms with Gasteiger partial charge in [-0.05, 0) is 54.8 Å². The van der Waals surface area contributed by atoms with Crippen LogP contribution in [0.1, 0.15) is 36.1 Å². The van der Waals surface area contributed by atoms with Crippen molar-refractivity contribution in [3.8, 4) is 0 Å². The van der Waals surface area contributed by atoms with Gasteiger partial charge in [0.15, 0.2) is 0 Å². The van der Waals surface area contributed by atoms with Gasteiger partial charge in [-0.15, -0.1) is 10.2 Å². The first kappa shape index (κ1) is 19.4. The summed E-state index contributed by atoms with van der Waals surface area (Å²) in [5.74, 6) is 0.730. The molecule has 1 atom stereocenters. The number of urea groups is 1. The van der Waals surface area contributed by atoms with Crippen LogP contribution in [-0.2, 0) is 6.42 Å². The molecule has 1 aliphatic heterocycles. The van der Waals surface area contributed by atoms with Crippen LogP contribution in [0.15, 0.2) is 52.9 Å². The molecule has 2 heterocycles. The van der Waals surface area contributed by atoms with Crippen molar-refractivity contribution in [1.29, 1.82) is 0 Å². The third-order valence-electron chi connectivity index (χ3n) is 4.90. The molecule has 8 heteroatoms. The van der Waals surface area contributed by atoms with Crippen LogP contribution in [0, 0.1) is 5.82 Å². The molecule has 0 radical (unpaired) electrons. The number of amides is 2. The first-order valence-electron chi connectivity index (χ1n) is 9.45. The zero-order valence-corrected chi connectivity index (χ0v) is 16.4. The first-order valence-corrected chi connectivity index (χ1v) is 9.83. The van der Waals surface area contributed by atoms with Crippen molar-refractivity contribution in [3.05, 3.63) is 76.7 Å². The Kier molecular flexibility index (Phi) is 5.76. The zero-order chi connectivity index (χ0) is 20.2. The summed E-state index contributed by atoms with van der Waals surface area (Å²) in [4.78, 5) is 14.3. The number of anilines is 1. The number of hydrogen-bond acceptors (Lipinski definition) is 4. The number of piperidine rings is 1. The van der Waals surface area contributed by atoms with Crippen LogP contribution in [0.25, 0.3) is 0 Å². The minimum atomic E-state index is -0.279. The minimum absolute atomic E-state index is 0.00538. The lowest BCUT2D eigenvalue weighted by Crippen LogP contribution is -2.41. The van der Waals surface area contributed by atoms with Gasteiger partial charge in [-0.25, -0.2) is 9.18 Å². The lowest BCUT2D eigenvalue weighted by molar-refractivity contribution is 0.186. The van der Waals surface area contributed by atoms with Gasteiger partial charge < -0.3 is 14.6 Å². The Bertz CT molecular complexity index is 975. The Morgan fingerprint density at radius 2 is 1.93 bits per heavy atom. The zero-order valence-electron chi connectivity index (χ0n) is 15.6. The van der Waals surface area contributed by atoms with Gasteiger partial charge >= 0.3 is 6.03 Å². The summed E-state index contributed by atoms with van der Waals surface area (Å²) < 4.78 is 18.9. The van der Waals surface area contributed by atoms with Crippen molar-refractivity contribution in [2.75, 3.05) is 18.4 Å². The molecule has 0 bridgehead atoms. The molecular formula is C21H20ClFN4O2. The quantitative estimate of drug-likeness (QED) is 0.661. The molecule has 0 unspecified atom stereocenters. The van der Waals surface area contributed by atoms with Crippen molar-refractivity contribution in [3.63, 3.8) is 0 Å². The van der Waals surface area contributed by atoms with E-state index < -0.39 is 0 Å². The number of halogens is 2. The summed E-state index contributed by atoms with van der Waals surface area (Å²) in [6.45, 7) is 1.18. The second-order valence-corrected chi connectivity index (χ2v) is 7.50. The molecule has 1 aliphatic rings. The van der Waals surface area contributed by atoms with Crippen molar-refractivity contribution in [1.82, 2.24) is 15.1 Å². The van der Waals surface area contributed by atoms with E-state index >= 15 is 0 Å². The maximum absolute atomic E-state index is 13.0.